The molecule has 2 aromatic rings. The summed E-state index contributed by atoms with van der Waals surface area (Å²) in [7, 11) is 1.81. The first kappa shape index (κ1) is 13.8. The van der Waals surface area contributed by atoms with Crippen LogP contribution in [-0.2, 0) is 12.8 Å². The van der Waals surface area contributed by atoms with Crippen molar-refractivity contribution in [3.8, 4) is 17.7 Å². The third-order valence-corrected chi connectivity index (χ3v) is 2.75. The normalized spacial score (nSPS) is 9.85. The van der Waals surface area contributed by atoms with E-state index in [1.54, 1.807) is 6.07 Å². The van der Waals surface area contributed by atoms with Gasteiger partial charge in [0, 0.05) is 19.5 Å². The van der Waals surface area contributed by atoms with Crippen molar-refractivity contribution in [1.29, 1.82) is 5.26 Å². The molecule has 0 bridgehead atoms. The van der Waals surface area contributed by atoms with Crippen LogP contribution in [0.4, 0.5) is 5.82 Å². The molecule has 20 heavy (non-hydrogen) atoms. The molecule has 0 aliphatic heterocycles. The molecule has 1 aromatic heterocycles. The van der Waals surface area contributed by atoms with Crippen LogP contribution in [0.25, 0.3) is 0 Å². The Morgan fingerprint density at radius 3 is 2.60 bits per heavy atom. The van der Waals surface area contributed by atoms with Crippen molar-refractivity contribution in [3.05, 3.63) is 41.7 Å². The zero-order valence-corrected chi connectivity index (χ0v) is 11.6. The Balaban J connectivity index is 2.18. The molecule has 2 rings (SSSR count). The van der Waals surface area contributed by atoms with Crippen molar-refractivity contribution < 1.29 is 4.74 Å². The van der Waals surface area contributed by atoms with E-state index in [4.69, 9.17) is 10.00 Å². The standard InChI is InChI=1S/C15H16N4O/c1-3-13-18-14(17-2)10-15(19-13)20-12-6-4-11(5-7-12)8-9-16/h4-7,10H,3,8H2,1-2H3,(H,17,18,19). The van der Waals surface area contributed by atoms with Crippen molar-refractivity contribution in [1.82, 2.24) is 9.97 Å². The Morgan fingerprint density at radius 2 is 2.00 bits per heavy atom. The SMILES string of the molecule is CCc1nc(NC)cc(Oc2ccc(CC#N)cc2)n1. The number of hydrogen-bond donors (Lipinski definition) is 1. The number of aryl methyl sites for hydroxylation is 1. The Hall–Kier alpha value is -2.61. The fraction of sp³-hybridized carbons (Fsp3) is 0.267. The van der Waals surface area contributed by atoms with Gasteiger partial charge in [0.2, 0.25) is 5.88 Å². The first-order valence-electron chi connectivity index (χ1n) is 6.44. The average molecular weight is 268 g/mol. The van der Waals surface area contributed by atoms with Gasteiger partial charge in [0.05, 0.1) is 12.5 Å². The van der Waals surface area contributed by atoms with Crippen LogP contribution in [0.15, 0.2) is 30.3 Å². The predicted molar refractivity (Wildman–Crippen MR) is 76.8 cm³/mol. The van der Waals surface area contributed by atoms with E-state index in [0.29, 0.717) is 18.1 Å². The van der Waals surface area contributed by atoms with Crippen LogP contribution in [0.5, 0.6) is 11.6 Å². The molecule has 0 fully saturated rings. The molecule has 0 aliphatic rings. The maximum atomic E-state index is 8.63. The predicted octanol–water partition coefficient (Wildman–Crippen LogP) is 2.94. The summed E-state index contributed by atoms with van der Waals surface area (Å²) >= 11 is 0. The first-order valence-corrected chi connectivity index (χ1v) is 6.44. The van der Waals surface area contributed by atoms with Gasteiger partial charge in [0.15, 0.2) is 0 Å². The molecule has 0 unspecified atom stereocenters. The lowest BCUT2D eigenvalue weighted by molar-refractivity contribution is 0.459. The molecule has 0 radical (unpaired) electrons. The van der Waals surface area contributed by atoms with E-state index in [1.807, 2.05) is 38.2 Å². The lowest BCUT2D eigenvalue weighted by Crippen LogP contribution is -2.01. The minimum absolute atomic E-state index is 0.400. The van der Waals surface area contributed by atoms with Gasteiger partial charge in [-0.1, -0.05) is 19.1 Å². The van der Waals surface area contributed by atoms with E-state index in [9.17, 15) is 0 Å². The number of anilines is 1. The molecule has 5 nitrogen and oxygen atoms in total. The summed E-state index contributed by atoms with van der Waals surface area (Å²) in [6.45, 7) is 2.00. The van der Waals surface area contributed by atoms with Crippen molar-refractivity contribution in [2.75, 3.05) is 12.4 Å². The van der Waals surface area contributed by atoms with E-state index in [0.717, 1.165) is 23.6 Å². The summed E-state index contributed by atoms with van der Waals surface area (Å²) in [6.07, 6.45) is 1.14. The molecule has 0 saturated heterocycles. The van der Waals surface area contributed by atoms with E-state index in [1.165, 1.54) is 0 Å². The van der Waals surface area contributed by atoms with Crippen molar-refractivity contribution >= 4 is 5.82 Å². The van der Waals surface area contributed by atoms with Crippen LogP contribution in [-0.4, -0.2) is 17.0 Å². The zero-order chi connectivity index (χ0) is 14.4. The Morgan fingerprint density at radius 1 is 1.25 bits per heavy atom. The van der Waals surface area contributed by atoms with Gasteiger partial charge >= 0.3 is 0 Å². The second-order valence-corrected chi connectivity index (χ2v) is 4.19. The van der Waals surface area contributed by atoms with Crippen LogP contribution in [0.1, 0.15) is 18.3 Å². The van der Waals surface area contributed by atoms with Gasteiger partial charge < -0.3 is 10.1 Å². The molecular weight excluding hydrogens is 252 g/mol. The van der Waals surface area contributed by atoms with Crippen molar-refractivity contribution in [2.24, 2.45) is 0 Å². The van der Waals surface area contributed by atoms with Gasteiger partial charge in [0.25, 0.3) is 0 Å². The van der Waals surface area contributed by atoms with E-state index >= 15 is 0 Å². The van der Waals surface area contributed by atoms with Crippen LogP contribution >= 0.6 is 0 Å². The summed E-state index contributed by atoms with van der Waals surface area (Å²) in [4.78, 5) is 8.64. The summed E-state index contributed by atoms with van der Waals surface area (Å²) in [5.41, 5.74) is 0.965. The first-order chi connectivity index (χ1) is 9.75. The molecule has 0 atom stereocenters. The summed E-state index contributed by atoms with van der Waals surface area (Å²) in [6, 6.07) is 11.3. The highest BCUT2D eigenvalue weighted by atomic mass is 16.5. The highest BCUT2D eigenvalue weighted by Crippen LogP contribution is 2.22. The highest BCUT2D eigenvalue weighted by molar-refractivity contribution is 5.40. The largest absolute Gasteiger partial charge is 0.439 e. The molecule has 0 spiro atoms. The molecule has 5 heteroatoms. The third kappa shape index (κ3) is 3.45. The molecule has 102 valence electrons. The molecule has 1 heterocycles. The molecule has 0 amide bonds. The quantitative estimate of drug-likeness (QED) is 0.902. The average Bonchev–Trinajstić information content (AvgIpc) is 2.49. The number of nitrogens with zero attached hydrogens (tertiary/aromatic N) is 3. The molecule has 0 aliphatic carbocycles. The van der Waals surface area contributed by atoms with Crippen molar-refractivity contribution in [3.63, 3.8) is 0 Å². The van der Waals surface area contributed by atoms with Gasteiger partial charge in [0.1, 0.15) is 17.4 Å². The van der Waals surface area contributed by atoms with Crippen LogP contribution in [0, 0.1) is 11.3 Å². The minimum atomic E-state index is 0.400. The third-order valence-electron chi connectivity index (χ3n) is 2.75. The Bertz CT molecular complexity index is 595. The lowest BCUT2D eigenvalue weighted by atomic mass is 10.2. The Kier molecular flexibility index (Phi) is 4.51. The number of benzene rings is 1. The second-order valence-electron chi connectivity index (χ2n) is 4.19. The lowest BCUT2D eigenvalue weighted by Gasteiger charge is -2.08. The number of rotatable bonds is 5. The van der Waals surface area contributed by atoms with Crippen LogP contribution in [0.2, 0.25) is 0 Å². The highest BCUT2D eigenvalue weighted by Gasteiger charge is 2.05. The van der Waals surface area contributed by atoms with Gasteiger partial charge in [-0.15, -0.1) is 0 Å². The van der Waals surface area contributed by atoms with E-state index < -0.39 is 0 Å². The Labute approximate surface area is 118 Å². The number of aromatic nitrogens is 2. The molecular formula is C15H16N4O. The zero-order valence-electron chi connectivity index (χ0n) is 11.6. The number of ether oxygens (including phenoxy) is 1. The topological polar surface area (TPSA) is 70.8 Å². The summed E-state index contributed by atoms with van der Waals surface area (Å²) in [5, 5.41) is 11.6. The summed E-state index contributed by atoms with van der Waals surface area (Å²) in [5.74, 6) is 2.66. The molecule has 1 N–H and O–H groups in total. The molecule has 0 saturated carbocycles. The van der Waals surface area contributed by atoms with Gasteiger partial charge in [-0.3, -0.25) is 0 Å². The van der Waals surface area contributed by atoms with E-state index in [2.05, 4.69) is 21.4 Å². The smallest absolute Gasteiger partial charge is 0.224 e. The van der Waals surface area contributed by atoms with Gasteiger partial charge in [-0.05, 0) is 17.7 Å². The monoisotopic (exact) mass is 268 g/mol. The number of nitriles is 1. The second kappa shape index (κ2) is 6.53. The molecule has 1 aromatic carbocycles. The van der Waals surface area contributed by atoms with Crippen LogP contribution in [0.3, 0.4) is 0 Å². The van der Waals surface area contributed by atoms with Gasteiger partial charge in [-0.25, -0.2) is 4.98 Å². The maximum absolute atomic E-state index is 8.63. The van der Waals surface area contributed by atoms with Crippen LogP contribution < -0.4 is 10.1 Å². The maximum Gasteiger partial charge on any atom is 0.224 e. The summed E-state index contributed by atoms with van der Waals surface area (Å²) < 4.78 is 5.72. The fourth-order valence-corrected chi connectivity index (χ4v) is 1.70. The van der Waals surface area contributed by atoms with Crippen molar-refractivity contribution in [2.45, 2.75) is 19.8 Å². The van der Waals surface area contributed by atoms with Gasteiger partial charge in [-0.2, -0.15) is 10.2 Å². The fourth-order valence-electron chi connectivity index (χ4n) is 1.70. The number of nitrogens with one attached hydrogen (secondary N) is 1. The minimum Gasteiger partial charge on any atom is -0.439 e. The van der Waals surface area contributed by atoms with E-state index in [-0.39, 0.29) is 0 Å². The number of hydrogen-bond acceptors (Lipinski definition) is 5.